The summed E-state index contributed by atoms with van der Waals surface area (Å²) in [5.74, 6) is -0.931. The molecule has 2 aliphatic rings. The lowest BCUT2D eigenvalue weighted by Crippen LogP contribution is -2.67. The fourth-order valence-corrected chi connectivity index (χ4v) is 4.50. The van der Waals surface area contributed by atoms with Gasteiger partial charge in [0, 0.05) is 17.8 Å². The van der Waals surface area contributed by atoms with Gasteiger partial charge in [0.2, 0.25) is 0 Å². The van der Waals surface area contributed by atoms with Crippen molar-refractivity contribution in [2.45, 2.75) is 19.0 Å². The van der Waals surface area contributed by atoms with Crippen LogP contribution in [0.4, 0.5) is 11.4 Å². The fraction of sp³-hybridized carbons (Fsp3) is 0.160. The molecule has 1 saturated heterocycles. The predicted molar refractivity (Wildman–Crippen MR) is 122 cm³/mol. The highest BCUT2D eigenvalue weighted by Gasteiger charge is 2.57. The van der Waals surface area contributed by atoms with E-state index in [1.807, 2.05) is 6.92 Å². The number of fused-ring (bicyclic) bond motifs is 1. The summed E-state index contributed by atoms with van der Waals surface area (Å²) in [6.07, 6.45) is 0. The molecule has 34 heavy (non-hydrogen) atoms. The number of β-lactam (4-membered cyclic amide) rings is 1. The molecular formula is C25H19N3O6. The van der Waals surface area contributed by atoms with Crippen molar-refractivity contribution < 1.29 is 24.0 Å². The monoisotopic (exact) mass is 457 g/mol. The number of non-ortho nitro benzene ring substituents is 1. The van der Waals surface area contributed by atoms with E-state index in [-0.39, 0.29) is 16.8 Å². The molecule has 9 nitrogen and oxygen atoms in total. The molecule has 2 aliphatic heterocycles. The lowest BCUT2D eigenvalue weighted by molar-refractivity contribution is -0.384. The van der Waals surface area contributed by atoms with Gasteiger partial charge in [0.15, 0.2) is 0 Å². The van der Waals surface area contributed by atoms with Crippen LogP contribution in [0, 0.1) is 10.1 Å². The molecular weight excluding hydrogens is 438 g/mol. The van der Waals surface area contributed by atoms with Gasteiger partial charge in [-0.2, -0.15) is 0 Å². The quantitative estimate of drug-likeness (QED) is 0.241. The van der Waals surface area contributed by atoms with Gasteiger partial charge in [0.05, 0.1) is 28.7 Å². The standard InChI is InChI=1S/C25H19N3O6/c1-2-34-18-12-10-16(11-13-18)26-21(15-6-5-7-17(14-15)28(32)33)22(25(26)31)27-23(29)19-8-3-4-9-20(19)24(27)30/h3-14,21-22H,2H2,1H3. The number of benzene rings is 3. The summed E-state index contributed by atoms with van der Waals surface area (Å²) in [5.41, 5.74) is 1.29. The van der Waals surface area contributed by atoms with Crippen molar-refractivity contribution in [1.29, 1.82) is 0 Å². The van der Waals surface area contributed by atoms with Crippen LogP contribution in [0.15, 0.2) is 72.8 Å². The van der Waals surface area contributed by atoms with E-state index in [0.29, 0.717) is 23.6 Å². The van der Waals surface area contributed by atoms with Crippen molar-refractivity contribution in [2.24, 2.45) is 0 Å². The summed E-state index contributed by atoms with van der Waals surface area (Å²) in [6, 6.07) is 17.2. The zero-order valence-electron chi connectivity index (χ0n) is 18.1. The SMILES string of the molecule is CCOc1ccc(N2C(=O)C(N3C(=O)c4ccccc4C3=O)C2c2cccc([N+](=O)[O-])c2)cc1. The van der Waals surface area contributed by atoms with Crippen molar-refractivity contribution in [3.63, 3.8) is 0 Å². The number of carbonyl (C=O) groups excluding carboxylic acids is 3. The molecule has 0 N–H and O–H groups in total. The number of nitro groups is 1. The van der Waals surface area contributed by atoms with Crippen LogP contribution in [0.25, 0.3) is 0 Å². The topological polar surface area (TPSA) is 110 Å². The second-order valence-corrected chi connectivity index (χ2v) is 7.90. The molecule has 2 heterocycles. The highest BCUT2D eigenvalue weighted by atomic mass is 16.6. The lowest BCUT2D eigenvalue weighted by Gasteiger charge is -2.49. The zero-order valence-corrected chi connectivity index (χ0v) is 18.1. The number of carbonyl (C=O) groups is 3. The van der Waals surface area contributed by atoms with Crippen LogP contribution >= 0.6 is 0 Å². The number of imide groups is 1. The Kier molecular flexibility index (Phi) is 5.09. The van der Waals surface area contributed by atoms with Crippen LogP contribution in [0.5, 0.6) is 5.75 Å². The van der Waals surface area contributed by atoms with Crippen molar-refractivity contribution >= 4 is 29.1 Å². The van der Waals surface area contributed by atoms with E-state index in [0.717, 1.165) is 4.90 Å². The van der Waals surface area contributed by atoms with Crippen molar-refractivity contribution in [2.75, 3.05) is 11.5 Å². The number of nitrogens with zero attached hydrogens (tertiary/aromatic N) is 3. The van der Waals surface area contributed by atoms with E-state index in [4.69, 9.17) is 4.74 Å². The summed E-state index contributed by atoms with van der Waals surface area (Å²) in [6.45, 7) is 2.35. The van der Waals surface area contributed by atoms with Crippen molar-refractivity contribution in [3.8, 4) is 5.75 Å². The molecule has 3 amide bonds. The summed E-state index contributed by atoms with van der Waals surface area (Å²) < 4.78 is 5.46. The number of hydrogen-bond donors (Lipinski definition) is 0. The highest BCUT2D eigenvalue weighted by molar-refractivity contribution is 6.24. The summed E-state index contributed by atoms with van der Waals surface area (Å²) in [4.78, 5) is 52.9. The van der Waals surface area contributed by atoms with E-state index in [1.165, 1.54) is 23.1 Å². The minimum Gasteiger partial charge on any atom is -0.494 e. The van der Waals surface area contributed by atoms with E-state index in [9.17, 15) is 24.5 Å². The predicted octanol–water partition coefficient (Wildman–Crippen LogP) is 3.75. The first-order valence-corrected chi connectivity index (χ1v) is 10.7. The molecule has 1 fully saturated rings. The van der Waals surface area contributed by atoms with Crippen LogP contribution in [-0.4, -0.2) is 40.2 Å². The fourth-order valence-electron chi connectivity index (χ4n) is 4.50. The van der Waals surface area contributed by atoms with Gasteiger partial charge in [-0.1, -0.05) is 24.3 Å². The van der Waals surface area contributed by atoms with Crippen LogP contribution in [0.1, 0.15) is 39.2 Å². The van der Waals surface area contributed by atoms with Gasteiger partial charge in [-0.05, 0) is 48.9 Å². The lowest BCUT2D eigenvalue weighted by atomic mass is 9.86. The third-order valence-electron chi connectivity index (χ3n) is 6.02. The number of hydrogen-bond acceptors (Lipinski definition) is 6. The van der Waals surface area contributed by atoms with Gasteiger partial charge in [-0.25, -0.2) is 0 Å². The Labute approximate surface area is 194 Å². The van der Waals surface area contributed by atoms with Gasteiger partial charge in [-0.3, -0.25) is 29.4 Å². The van der Waals surface area contributed by atoms with Crippen LogP contribution in [0.2, 0.25) is 0 Å². The van der Waals surface area contributed by atoms with Gasteiger partial charge in [0.25, 0.3) is 23.4 Å². The Hall–Kier alpha value is -4.53. The maximum Gasteiger partial charge on any atom is 0.269 e. The number of ether oxygens (including phenoxy) is 1. The first-order chi connectivity index (χ1) is 16.4. The average molecular weight is 457 g/mol. The largest absolute Gasteiger partial charge is 0.494 e. The normalized spacial score (nSPS) is 19.1. The van der Waals surface area contributed by atoms with Crippen LogP contribution in [-0.2, 0) is 4.79 Å². The molecule has 0 radical (unpaired) electrons. The van der Waals surface area contributed by atoms with E-state index in [2.05, 4.69) is 0 Å². The molecule has 0 saturated carbocycles. The molecule has 5 rings (SSSR count). The van der Waals surface area contributed by atoms with Gasteiger partial charge in [-0.15, -0.1) is 0 Å². The number of nitro benzene ring substituents is 1. The molecule has 0 spiro atoms. The summed E-state index contributed by atoms with van der Waals surface area (Å²) in [7, 11) is 0. The molecule has 0 aliphatic carbocycles. The van der Waals surface area contributed by atoms with Crippen molar-refractivity contribution in [1.82, 2.24) is 4.90 Å². The number of anilines is 1. The Balaban J connectivity index is 1.57. The first kappa shape index (κ1) is 21.3. The molecule has 3 aromatic rings. The molecule has 0 bridgehead atoms. The highest BCUT2D eigenvalue weighted by Crippen LogP contribution is 2.45. The molecule has 3 aromatic carbocycles. The zero-order chi connectivity index (χ0) is 24.0. The molecule has 2 unspecified atom stereocenters. The van der Waals surface area contributed by atoms with E-state index >= 15 is 0 Å². The van der Waals surface area contributed by atoms with Crippen molar-refractivity contribution in [3.05, 3.63) is 99.6 Å². The first-order valence-electron chi connectivity index (χ1n) is 10.7. The second kappa shape index (κ2) is 8.11. The van der Waals surface area contributed by atoms with Crippen LogP contribution in [0.3, 0.4) is 0 Å². The Morgan fingerprint density at radius 2 is 1.50 bits per heavy atom. The maximum absolute atomic E-state index is 13.4. The molecule has 170 valence electrons. The Morgan fingerprint density at radius 3 is 2.09 bits per heavy atom. The number of amides is 3. The van der Waals surface area contributed by atoms with E-state index in [1.54, 1.807) is 54.6 Å². The summed E-state index contributed by atoms with van der Waals surface area (Å²) in [5, 5.41) is 11.4. The van der Waals surface area contributed by atoms with Gasteiger partial charge >= 0.3 is 0 Å². The van der Waals surface area contributed by atoms with Gasteiger partial charge in [0.1, 0.15) is 11.8 Å². The second-order valence-electron chi connectivity index (χ2n) is 7.90. The number of rotatable bonds is 6. The molecule has 0 aromatic heterocycles. The Morgan fingerprint density at radius 1 is 0.853 bits per heavy atom. The van der Waals surface area contributed by atoms with E-state index < -0.39 is 34.7 Å². The Bertz CT molecular complexity index is 1300. The third kappa shape index (κ3) is 3.21. The minimum atomic E-state index is -1.12. The average Bonchev–Trinajstić information content (AvgIpc) is 3.09. The smallest absolute Gasteiger partial charge is 0.269 e. The minimum absolute atomic E-state index is 0.149. The maximum atomic E-state index is 13.4. The third-order valence-corrected chi connectivity index (χ3v) is 6.02. The van der Waals surface area contributed by atoms with Crippen LogP contribution < -0.4 is 9.64 Å². The summed E-state index contributed by atoms with van der Waals surface area (Å²) >= 11 is 0. The molecule has 9 heteroatoms. The molecule has 2 atom stereocenters. The van der Waals surface area contributed by atoms with Gasteiger partial charge < -0.3 is 9.64 Å².